The normalized spacial score (nSPS) is 14.5. The highest BCUT2D eigenvalue weighted by Gasteiger charge is 2.36. The molecule has 0 bridgehead atoms. The molecule has 0 fully saturated rings. The smallest absolute Gasteiger partial charge is 0.338 e. The summed E-state index contributed by atoms with van der Waals surface area (Å²) in [5.74, 6) is -1.20. The number of imide groups is 1. The molecule has 1 aliphatic rings. The van der Waals surface area contributed by atoms with Gasteiger partial charge in [0.05, 0.1) is 16.7 Å². The molecule has 1 N–H and O–H groups in total. The minimum Gasteiger partial charge on any atom is -0.449 e. The van der Waals surface area contributed by atoms with Crippen molar-refractivity contribution in [2.24, 2.45) is 11.8 Å². The van der Waals surface area contributed by atoms with Crippen molar-refractivity contribution in [2.75, 3.05) is 13.1 Å². The number of hydrogen-bond acceptors (Lipinski definition) is 5. The second-order valence-electron chi connectivity index (χ2n) is 7.89. The van der Waals surface area contributed by atoms with Gasteiger partial charge in [0.15, 0.2) is 6.10 Å². The van der Waals surface area contributed by atoms with E-state index in [1.807, 2.05) is 27.7 Å². The summed E-state index contributed by atoms with van der Waals surface area (Å²) >= 11 is 0. The molecule has 28 heavy (non-hydrogen) atoms. The highest BCUT2D eigenvalue weighted by molar-refractivity contribution is 6.22. The van der Waals surface area contributed by atoms with Crippen LogP contribution in [0.15, 0.2) is 18.2 Å². The Bertz CT molecular complexity index is 785. The number of fused-ring (bicyclic) bond motifs is 1. The third-order valence-electron chi connectivity index (χ3n) is 4.47. The fraction of sp³-hybridized carbons (Fsp3) is 0.524. The first-order chi connectivity index (χ1) is 13.1. The first-order valence-electron chi connectivity index (χ1n) is 9.60. The highest BCUT2D eigenvalue weighted by Crippen LogP contribution is 2.25. The number of carbonyl (C=O) groups is 4. The molecule has 0 radical (unpaired) electrons. The van der Waals surface area contributed by atoms with Gasteiger partial charge in [-0.1, -0.05) is 27.7 Å². The maximum Gasteiger partial charge on any atom is 0.338 e. The number of esters is 1. The molecule has 1 atom stereocenters. The molecule has 7 heteroatoms. The summed E-state index contributed by atoms with van der Waals surface area (Å²) in [7, 11) is 0. The third kappa shape index (κ3) is 4.97. The fourth-order valence-corrected chi connectivity index (χ4v) is 2.74. The minimum absolute atomic E-state index is 0.133. The van der Waals surface area contributed by atoms with Crippen LogP contribution in [0.2, 0.25) is 0 Å². The fourth-order valence-electron chi connectivity index (χ4n) is 2.74. The van der Waals surface area contributed by atoms with E-state index in [9.17, 15) is 19.2 Å². The van der Waals surface area contributed by atoms with Gasteiger partial charge in [-0.25, -0.2) is 4.79 Å². The van der Waals surface area contributed by atoms with Gasteiger partial charge < -0.3 is 10.1 Å². The zero-order valence-corrected chi connectivity index (χ0v) is 17.1. The number of amides is 3. The van der Waals surface area contributed by atoms with Crippen LogP contribution in [0.25, 0.3) is 0 Å². The maximum atomic E-state index is 12.6. The standard InChI is InChI=1S/C21H28N2O5/c1-12(2)8-9-23-19(25)16-7-6-15(10-17(16)20(23)26)21(27)28-14(5)18(24)22-11-13(3)4/h6-7,10,12-14H,8-9,11H2,1-5H3,(H,22,24)/t14-/m0/s1. The Kier molecular flexibility index (Phi) is 6.94. The van der Waals surface area contributed by atoms with Crippen LogP contribution in [0.4, 0.5) is 0 Å². The second-order valence-corrected chi connectivity index (χ2v) is 7.89. The van der Waals surface area contributed by atoms with Crippen LogP contribution in [-0.2, 0) is 9.53 Å². The molecule has 0 spiro atoms. The van der Waals surface area contributed by atoms with Gasteiger partial charge in [-0.2, -0.15) is 0 Å². The zero-order valence-electron chi connectivity index (χ0n) is 17.1. The Morgan fingerprint density at radius 1 is 1.00 bits per heavy atom. The van der Waals surface area contributed by atoms with Crippen LogP contribution < -0.4 is 5.32 Å². The highest BCUT2D eigenvalue weighted by atomic mass is 16.5. The number of hydrogen-bond donors (Lipinski definition) is 1. The maximum absolute atomic E-state index is 12.6. The number of ether oxygens (including phenoxy) is 1. The molecule has 1 aromatic carbocycles. The number of nitrogens with one attached hydrogen (secondary N) is 1. The quantitative estimate of drug-likeness (QED) is 0.546. The lowest BCUT2D eigenvalue weighted by molar-refractivity contribution is -0.129. The monoisotopic (exact) mass is 388 g/mol. The minimum atomic E-state index is -0.959. The summed E-state index contributed by atoms with van der Waals surface area (Å²) < 4.78 is 5.20. The van der Waals surface area contributed by atoms with Crippen LogP contribution in [-0.4, -0.2) is 47.8 Å². The number of benzene rings is 1. The van der Waals surface area contributed by atoms with Crippen molar-refractivity contribution in [3.63, 3.8) is 0 Å². The van der Waals surface area contributed by atoms with Crippen LogP contribution in [0.1, 0.15) is 72.1 Å². The molecule has 0 unspecified atom stereocenters. The van der Waals surface area contributed by atoms with Crippen molar-refractivity contribution in [1.29, 1.82) is 0 Å². The summed E-state index contributed by atoms with van der Waals surface area (Å²) in [6.07, 6.45) is -0.247. The Hall–Kier alpha value is -2.70. The second kappa shape index (κ2) is 8.99. The summed E-state index contributed by atoms with van der Waals surface area (Å²) in [4.78, 5) is 50.5. The lowest BCUT2D eigenvalue weighted by Gasteiger charge is -2.15. The lowest BCUT2D eigenvalue weighted by Crippen LogP contribution is -2.37. The van der Waals surface area contributed by atoms with Gasteiger partial charge in [-0.3, -0.25) is 19.3 Å². The number of rotatable bonds is 8. The number of nitrogens with zero attached hydrogens (tertiary/aromatic N) is 1. The summed E-state index contributed by atoms with van der Waals surface area (Å²) in [5, 5.41) is 2.70. The van der Waals surface area contributed by atoms with Gasteiger partial charge in [0.25, 0.3) is 17.7 Å². The molecule has 1 heterocycles. The average Bonchev–Trinajstić information content (AvgIpc) is 2.87. The topological polar surface area (TPSA) is 92.8 Å². The SMILES string of the molecule is CC(C)CCN1C(=O)c2ccc(C(=O)O[C@@H](C)C(=O)NCC(C)C)cc2C1=O. The Morgan fingerprint density at radius 2 is 1.64 bits per heavy atom. The first kappa shape index (κ1) is 21.6. The Morgan fingerprint density at radius 3 is 2.25 bits per heavy atom. The van der Waals surface area contributed by atoms with E-state index >= 15 is 0 Å². The van der Waals surface area contributed by atoms with Gasteiger partial charge in [-0.05, 0) is 43.4 Å². The van der Waals surface area contributed by atoms with Crippen molar-refractivity contribution >= 4 is 23.7 Å². The van der Waals surface area contributed by atoms with Gasteiger partial charge >= 0.3 is 5.97 Å². The van der Waals surface area contributed by atoms with Crippen molar-refractivity contribution < 1.29 is 23.9 Å². The van der Waals surface area contributed by atoms with Gasteiger partial charge in [0.2, 0.25) is 0 Å². The van der Waals surface area contributed by atoms with E-state index in [0.29, 0.717) is 25.4 Å². The van der Waals surface area contributed by atoms with E-state index in [2.05, 4.69) is 5.32 Å². The van der Waals surface area contributed by atoms with Gasteiger partial charge in [0, 0.05) is 13.1 Å². The molecule has 3 amide bonds. The predicted octanol–water partition coefficient (Wildman–Crippen LogP) is 2.65. The molecule has 0 saturated heterocycles. The molecule has 7 nitrogen and oxygen atoms in total. The first-order valence-corrected chi connectivity index (χ1v) is 9.60. The van der Waals surface area contributed by atoms with Crippen molar-refractivity contribution in [1.82, 2.24) is 10.2 Å². The third-order valence-corrected chi connectivity index (χ3v) is 4.47. The number of carbonyl (C=O) groups excluding carboxylic acids is 4. The molecule has 152 valence electrons. The van der Waals surface area contributed by atoms with E-state index in [0.717, 1.165) is 0 Å². The van der Waals surface area contributed by atoms with Crippen molar-refractivity contribution in [3.8, 4) is 0 Å². The van der Waals surface area contributed by atoms with E-state index in [1.165, 1.54) is 30.0 Å². The molecular weight excluding hydrogens is 360 g/mol. The Balaban J connectivity index is 2.08. The van der Waals surface area contributed by atoms with Crippen molar-refractivity contribution in [2.45, 2.75) is 47.1 Å². The van der Waals surface area contributed by atoms with Crippen LogP contribution >= 0.6 is 0 Å². The molecular formula is C21H28N2O5. The van der Waals surface area contributed by atoms with Crippen LogP contribution in [0.3, 0.4) is 0 Å². The summed E-state index contributed by atoms with van der Waals surface area (Å²) in [5.41, 5.74) is 0.613. The predicted molar refractivity (Wildman–Crippen MR) is 104 cm³/mol. The molecule has 0 saturated carbocycles. The van der Waals surface area contributed by atoms with Crippen LogP contribution in [0, 0.1) is 11.8 Å². The van der Waals surface area contributed by atoms with E-state index in [-0.39, 0.29) is 34.4 Å². The van der Waals surface area contributed by atoms with Gasteiger partial charge in [0.1, 0.15) is 0 Å². The largest absolute Gasteiger partial charge is 0.449 e. The van der Waals surface area contributed by atoms with E-state index in [1.54, 1.807) is 0 Å². The average molecular weight is 388 g/mol. The summed E-state index contributed by atoms with van der Waals surface area (Å²) in [6.45, 7) is 10.3. The molecule has 1 aliphatic heterocycles. The molecule has 0 aliphatic carbocycles. The molecule has 1 aromatic rings. The Labute approximate surface area is 165 Å². The van der Waals surface area contributed by atoms with Crippen LogP contribution in [0.5, 0.6) is 0 Å². The van der Waals surface area contributed by atoms with E-state index in [4.69, 9.17) is 4.74 Å². The molecule has 0 aromatic heterocycles. The van der Waals surface area contributed by atoms with E-state index < -0.39 is 18.0 Å². The van der Waals surface area contributed by atoms with Gasteiger partial charge in [-0.15, -0.1) is 0 Å². The van der Waals surface area contributed by atoms with Crippen molar-refractivity contribution in [3.05, 3.63) is 34.9 Å². The lowest BCUT2D eigenvalue weighted by atomic mass is 10.1. The summed E-state index contributed by atoms with van der Waals surface area (Å²) in [6, 6.07) is 4.27. The zero-order chi connectivity index (χ0) is 21.0. The molecule has 2 rings (SSSR count).